The maximum Gasteiger partial charge on any atom is 0.342 e. The average Bonchev–Trinajstić information content (AvgIpc) is 2.27. The molecule has 0 N–H and O–H groups in total. The van der Waals surface area contributed by atoms with E-state index in [1.807, 2.05) is 58.9 Å². The molecular formula is C15H33NO5Si3. The van der Waals surface area contributed by atoms with Gasteiger partial charge < -0.3 is 13.4 Å². The minimum Gasteiger partial charge on any atom is -0.520 e. The van der Waals surface area contributed by atoms with Crippen molar-refractivity contribution in [1.29, 1.82) is 0 Å². The third-order valence-electron chi connectivity index (χ3n) is 2.28. The maximum absolute atomic E-state index is 12.3. The van der Waals surface area contributed by atoms with Gasteiger partial charge in [0, 0.05) is 12.8 Å². The van der Waals surface area contributed by atoms with Crippen LogP contribution in [0.2, 0.25) is 58.9 Å². The van der Waals surface area contributed by atoms with Gasteiger partial charge in [0.25, 0.3) is 14.3 Å². The van der Waals surface area contributed by atoms with Crippen LogP contribution >= 0.6 is 0 Å². The zero-order valence-electron chi connectivity index (χ0n) is 16.6. The average molecular weight is 392 g/mol. The smallest absolute Gasteiger partial charge is 0.342 e. The molecule has 6 nitrogen and oxygen atoms in total. The number of carbonyl (C=O) groups excluding carboxylic acids is 2. The molecule has 0 rings (SSSR count). The van der Waals surface area contributed by atoms with Crippen molar-refractivity contribution in [1.82, 2.24) is 0 Å². The van der Waals surface area contributed by atoms with Gasteiger partial charge in [-0.1, -0.05) is 5.16 Å². The lowest BCUT2D eigenvalue weighted by atomic mass is 10.2. The van der Waals surface area contributed by atoms with Crippen molar-refractivity contribution in [3.8, 4) is 0 Å². The van der Waals surface area contributed by atoms with Gasteiger partial charge in [0.2, 0.25) is 16.6 Å². The van der Waals surface area contributed by atoms with E-state index in [2.05, 4.69) is 5.16 Å². The normalized spacial score (nSPS) is 13.5. The van der Waals surface area contributed by atoms with Crippen LogP contribution < -0.4 is 0 Å². The minimum absolute atomic E-state index is 0.224. The second-order valence-corrected chi connectivity index (χ2v) is 21.9. The lowest BCUT2D eigenvalue weighted by Gasteiger charge is -2.20. The van der Waals surface area contributed by atoms with Crippen LogP contribution in [0.5, 0.6) is 0 Å². The molecule has 0 amide bonds. The number of carbonyl (C=O) groups is 2. The first-order chi connectivity index (χ1) is 10.6. The molecule has 140 valence electrons. The first-order valence-electron chi connectivity index (χ1n) is 8.29. The van der Waals surface area contributed by atoms with Crippen molar-refractivity contribution in [3.63, 3.8) is 0 Å². The summed E-state index contributed by atoms with van der Waals surface area (Å²) in [7, 11) is -5.77. The molecule has 0 saturated carbocycles. The summed E-state index contributed by atoms with van der Waals surface area (Å²) in [4.78, 5) is 24.1. The first kappa shape index (κ1) is 23.1. The molecule has 0 spiro atoms. The van der Waals surface area contributed by atoms with Crippen molar-refractivity contribution in [2.24, 2.45) is 5.16 Å². The highest BCUT2D eigenvalue weighted by Gasteiger charge is 2.26. The molecule has 0 unspecified atom stereocenters. The second-order valence-electron chi connectivity index (χ2n) is 8.68. The van der Waals surface area contributed by atoms with Gasteiger partial charge in [0.15, 0.2) is 5.71 Å². The van der Waals surface area contributed by atoms with Crippen LogP contribution in [-0.2, 0) is 23.0 Å². The van der Waals surface area contributed by atoms with E-state index in [1.165, 1.54) is 0 Å². The van der Waals surface area contributed by atoms with E-state index in [0.717, 1.165) is 0 Å². The Morgan fingerprint density at radius 2 is 1.25 bits per heavy atom. The Morgan fingerprint density at radius 3 is 1.67 bits per heavy atom. The topological polar surface area (TPSA) is 74.2 Å². The summed E-state index contributed by atoms with van der Waals surface area (Å²) in [5.74, 6) is -0.663. The third-order valence-corrected chi connectivity index (χ3v) is 4.56. The molecule has 0 radical (unpaired) electrons. The predicted molar refractivity (Wildman–Crippen MR) is 105 cm³/mol. The molecular weight excluding hydrogens is 358 g/mol. The van der Waals surface area contributed by atoms with Crippen LogP contribution in [0.4, 0.5) is 0 Å². The highest BCUT2D eigenvalue weighted by molar-refractivity contribution is 6.73. The molecule has 0 aliphatic heterocycles. The summed E-state index contributed by atoms with van der Waals surface area (Å²) in [6.45, 7) is 17.7. The largest absolute Gasteiger partial charge is 0.520 e. The number of nitrogens with zero attached hydrogens (tertiary/aromatic N) is 1. The minimum atomic E-state index is -2.01. The second kappa shape index (κ2) is 8.95. The van der Waals surface area contributed by atoms with Gasteiger partial charge in [0.05, 0.1) is 0 Å². The molecule has 0 heterocycles. The van der Waals surface area contributed by atoms with E-state index in [1.54, 1.807) is 0 Å². The highest BCUT2D eigenvalue weighted by atomic mass is 28.4. The third kappa shape index (κ3) is 13.5. The van der Waals surface area contributed by atoms with Crippen LogP contribution in [0.25, 0.3) is 0 Å². The van der Waals surface area contributed by atoms with E-state index in [-0.39, 0.29) is 18.1 Å². The van der Waals surface area contributed by atoms with Gasteiger partial charge in [-0.3, -0.25) is 4.79 Å². The Hall–Kier alpha value is -0.939. The van der Waals surface area contributed by atoms with E-state index >= 15 is 0 Å². The van der Waals surface area contributed by atoms with E-state index in [0.29, 0.717) is 12.8 Å². The Kier molecular flexibility index (Phi) is 8.60. The fraction of sp³-hybridized carbons (Fsp3) is 0.800. The maximum atomic E-state index is 12.3. The van der Waals surface area contributed by atoms with Gasteiger partial charge in [-0.05, 0) is 65.3 Å². The standard InChI is InChI=1S/C15H33NO5Si3/c1-22(2,3)19-14(17)12-10-11-13(16-21-24(7,8)9)15(18)20-23(4,5)6/h10-12H2,1-9H3/b16-13-. The Labute approximate surface area is 149 Å². The number of oxime groups is 1. The Bertz CT molecular complexity index is 473. The fourth-order valence-corrected chi connectivity index (χ4v) is 3.35. The van der Waals surface area contributed by atoms with Crippen molar-refractivity contribution < 1.29 is 23.0 Å². The fourth-order valence-electron chi connectivity index (χ4n) is 1.51. The van der Waals surface area contributed by atoms with E-state index in [9.17, 15) is 9.59 Å². The molecule has 0 saturated heterocycles. The Balaban J connectivity index is 4.78. The molecule has 0 bridgehead atoms. The van der Waals surface area contributed by atoms with Crippen LogP contribution in [0.1, 0.15) is 19.3 Å². The zero-order chi connectivity index (χ0) is 19.2. The summed E-state index contributed by atoms with van der Waals surface area (Å²) < 4.78 is 16.4. The number of rotatable bonds is 9. The molecule has 24 heavy (non-hydrogen) atoms. The summed E-state index contributed by atoms with van der Waals surface area (Å²) in [5, 5.41) is 4.03. The Morgan fingerprint density at radius 1 is 0.750 bits per heavy atom. The molecule has 0 aliphatic rings. The molecule has 9 heteroatoms. The van der Waals surface area contributed by atoms with Gasteiger partial charge in [-0.2, -0.15) is 0 Å². The molecule has 0 atom stereocenters. The number of hydrogen-bond donors (Lipinski definition) is 0. The summed E-state index contributed by atoms with van der Waals surface area (Å²) in [6.07, 6.45) is 1.09. The van der Waals surface area contributed by atoms with Crippen LogP contribution in [0.3, 0.4) is 0 Å². The van der Waals surface area contributed by atoms with Crippen LogP contribution in [0, 0.1) is 0 Å². The summed E-state index contributed by atoms with van der Waals surface area (Å²) in [5.41, 5.74) is 0.251. The summed E-state index contributed by atoms with van der Waals surface area (Å²) in [6, 6.07) is 0. The lowest BCUT2D eigenvalue weighted by molar-refractivity contribution is -0.135. The van der Waals surface area contributed by atoms with Gasteiger partial charge in [0.1, 0.15) is 0 Å². The van der Waals surface area contributed by atoms with Crippen molar-refractivity contribution in [2.45, 2.75) is 78.2 Å². The number of hydrogen-bond acceptors (Lipinski definition) is 6. The van der Waals surface area contributed by atoms with E-state index < -0.39 is 30.9 Å². The van der Waals surface area contributed by atoms with Gasteiger partial charge in [-0.15, -0.1) is 0 Å². The van der Waals surface area contributed by atoms with E-state index in [4.69, 9.17) is 13.4 Å². The van der Waals surface area contributed by atoms with Crippen molar-refractivity contribution in [2.75, 3.05) is 0 Å². The monoisotopic (exact) mass is 391 g/mol. The summed E-state index contributed by atoms with van der Waals surface area (Å²) >= 11 is 0. The molecule has 0 aliphatic carbocycles. The molecule has 0 aromatic rings. The molecule has 0 fully saturated rings. The van der Waals surface area contributed by atoms with Crippen molar-refractivity contribution >= 4 is 42.6 Å². The molecule has 0 aromatic heterocycles. The van der Waals surface area contributed by atoms with Crippen molar-refractivity contribution in [3.05, 3.63) is 0 Å². The lowest BCUT2D eigenvalue weighted by Crippen LogP contribution is -2.34. The van der Waals surface area contributed by atoms with Crippen LogP contribution in [-0.4, -0.2) is 42.6 Å². The SMILES string of the molecule is C[Si](C)(C)O/N=C(/CCCC(=O)O[Si](C)(C)C)C(=O)O[Si](C)(C)C. The zero-order valence-corrected chi connectivity index (χ0v) is 19.6. The van der Waals surface area contributed by atoms with Gasteiger partial charge >= 0.3 is 5.97 Å². The highest BCUT2D eigenvalue weighted by Crippen LogP contribution is 2.11. The predicted octanol–water partition coefficient (Wildman–Crippen LogP) is 4.12. The van der Waals surface area contributed by atoms with Crippen LogP contribution in [0.15, 0.2) is 5.16 Å². The first-order valence-corrected chi connectivity index (χ1v) is 18.5. The van der Waals surface area contributed by atoms with Gasteiger partial charge in [-0.25, -0.2) is 4.79 Å². The molecule has 0 aromatic carbocycles. The quantitative estimate of drug-likeness (QED) is 0.336.